The van der Waals surface area contributed by atoms with Gasteiger partial charge in [-0.3, -0.25) is 4.68 Å². The molecule has 15 heavy (non-hydrogen) atoms. The minimum absolute atomic E-state index is 1.07. The van der Waals surface area contributed by atoms with Gasteiger partial charge < -0.3 is 0 Å². The summed E-state index contributed by atoms with van der Waals surface area (Å²) in [6.45, 7) is 4.27. The van der Waals surface area contributed by atoms with Gasteiger partial charge >= 0.3 is 0 Å². The summed E-state index contributed by atoms with van der Waals surface area (Å²) in [4.78, 5) is 0. The third-order valence-electron chi connectivity index (χ3n) is 2.62. The Morgan fingerprint density at radius 3 is 2.73 bits per heavy atom. The molecular weight excluding hydrogens is 184 g/mol. The third-order valence-corrected chi connectivity index (χ3v) is 2.62. The molecule has 2 heteroatoms. The number of hydrogen-bond donors (Lipinski definition) is 0. The second-order valence-corrected chi connectivity index (χ2v) is 3.89. The molecule has 1 heterocycles. The second-order valence-electron chi connectivity index (χ2n) is 3.89. The van der Waals surface area contributed by atoms with Crippen molar-refractivity contribution < 1.29 is 0 Å². The first-order valence-electron chi connectivity index (χ1n) is 5.30. The standard InChI is InChI=1S/C13H16N2/c1-4-11-6-5-7-12(8-11)13-10(2)9-15(3)14-13/h5-9H,4H2,1-3H3. The van der Waals surface area contributed by atoms with Gasteiger partial charge in [-0.25, -0.2) is 0 Å². The van der Waals surface area contributed by atoms with Gasteiger partial charge in [0.05, 0.1) is 5.69 Å². The van der Waals surface area contributed by atoms with E-state index in [-0.39, 0.29) is 0 Å². The van der Waals surface area contributed by atoms with E-state index in [2.05, 4.69) is 43.2 Å². The zero-order valence-corrected chi connectivity index (χ0v) is 9.49. The van der Waals surface area contributed by atoms with Crippen molar-refractivity contribution in [1.29, 1.82) is 0 Å². The molecule has 2 nitrogen and oxygen atoms in total. The lowest BCUT2D eigenvalue weighted by Gasteiger charge is -2.01. The summed E-state index contributed by atoms with van der Waals surface area (Å²) >= 11 is 0. The first kappa shape index (κ1) is 9.97. The van der Waals surface area contributed by atoms with Crippen LogP contribution in [0.1, 0.15) is 18.1 Å². The van der Waals surface area contributed by atoms with Crippen LogP contribution >= 0.6 is 0 Å². The van der Waals surface area contributed by atoms with Crippen molar-refractivity contribution >= 4 is 0 Å². The van der Waals surface area contributed by atoms with Crippen molar-refractivity contribution in [1.82, 2.24) is 9.78 Å². The molecule has 0 atom stereocenters. The van der Waals surface area contributed by atoms with E-state index in [9.17, 15) is 0 Å². The van der Waals surface area contributed by atoms with Gasteiger partial charge in [-0.2, -0.15) is 5.10 Å². The Bertz CT molecular complexity index is 469. The normalized spacial score (nSPS) is 10.6. The van der Waals surface area contributed by atoms with E-state index in [1.165, 1.54) is 16.7 Å². The molecule has 1 aromatic heterocycles. The lowest BCUT2D eigenvalue weighted by atomic mass is 10.0. The molecule has 2 rings (SSSR count). The Morgan fingerprint density at radius 1 is 1.33 bits per heavy atom. The highest BCUT2D eigenvalue weighted by Crippen LogP contribution is 2.22. The van der Waals surface area contributed by atoms with Crippen LogP contribution in [0.2, 0.25) is 0 Å². The second kappa shape index (κ2) is 3.89. The average Bonchev–Trinajstić information content (AvgIpc) is 2.58. The van der Waals surface area contributed by atoms with Crippen molar-refractivity contribution in [2.75, 3.05) is 0 Å². The molecule has 0 unspecified atom stereocenters. The van der Waals surface area contributed by atoms with Gasteiger partial charge in [0.25, 0.3) is 0 Å². The Kier molecular flexibility index (Phi) is 2.58. The average molecular weight is 200 g/mol. The number of rotatable bonds is 2. The van der Waals surface area contributed by atoms with Gasteiger partial charge in [0.15, 0.2) is 0 Å². The molecule has 78 valence electrons. The zero-order chi connectivity index (χ0) is 10.8. The minimum Gasteiger partial charge on any atom is -0.275 e. The monoisotopic (exact) mass is 200 g/mol. The highest BCUT2D eigenvalue weighted by Gasteiger charge is 2.06. The van der Waals surface area contributed by atoms with Crippen LogP contribution in [-0.2, 0) is 13.5 Å². The summed E-state index contributed by atoms with van der Waals surface area (Å²) in [5.74, 6) is 0. The number of aromatic nitrogens is 2. The SMILES string of the molecule is CCc1cccc(-c2nn(C)cc2C)c1. The fourth-order valence-electron chi connectivity index (χ4n) is 1.83. The fourth-order valence-corrected chi connectivity index (χ4v) is 1.83. The van der Waals surface area contributed by atoms with Crippen LogP contribution < -0.4 is 0 Å². The summed E-state index contributed by atoms with van der Waals surface area (Å²) in [6, 6.07) is 8.59. The topological polar surface area (TPSA) is 17.8 Å². The van der Waals surface area contributed by atoms with E-state index in [0.29, 0.717) is 0 Å². The molecule has 0 bridgehead atoms. The van der Waals surface area contributed by atoms with Crippen LogP contribution in [0.4, 0.5) is 0 Å². The largest absolute Gasteiger partial charge is 0.275 e. The molecule has 0 saturated carbocycles. The Hall–Kier alpha value is -1.57. The van der Waals surface area contributed by atoms with E-state index >= 15 is 0 Å². The van der Waals surface area contributed by atoms with Crippen LogP contribution in [-0.4, -0.2) is 9.78 Å². The number of nitrogens with zero attached hydrogens (tertiary/aromatic N) is 2. The highest BCUT2D eigenvalue weighted by atomic mass is 15.2. The molecule has 0 fully saturated rings. The summed E-state index contributed by atoms with van der Waals surface area (Å²) in [6.07, 6.45) is 3.12. The Morgan fingerprint density at radius 2 is 2.13 bits per heavy atom. The molecule has 0 aliphatic rings. The van der Waals surface area contributed by atoms with Crippen LogP contribution in [0.3, 0.4) is 0 Å². The van der Waals surface area contributed by atoms with E-state index in [4.69, 9.17) is 0 Å². The third kappa shape index (κ3) is 1.94. The van der Waals surface area contributed by atoms with Crippen molar-refractivity contribution in [3.8, 4) is 11.3 Å². The fraction of sp³-hybridized carbons (Fsp3) is 0.308. The molecular formula is C13H16N2. The van der Waals surface area contributed by atoms with Crippen LogP contribution in [0.15, 0.2) is 30.5 Å². The maximum atomic E-state index is 4.47. The van der Waals surface area contributed by atoms with E-state index in [1.807, 2.05) is 17.9 Å². The van der Waals surface area contributed by atoms with E-state index in [0.717, 1.165) is 12.1 Å². The molecule has 0 aliphatic heterocycles. The summed E-state index contributed by atoms with van der Waals surface area (Å²) in [5, 5.41) is 4.47. The van der Waals surface area contributed by atoms with Gasteiger partial charge in [0, 0.05) is 18.8 Å². The zero-order valence-electron chi connectivity index (χ0n) is 9.49. The lowest BCUT2D eigenvalue weighted by molar-refractivity contribution is 0.770. The predicted molar refractivity (Wildman–Crippen MR) is 62.8 cm³/mol. The van der Waals surface area contributed by atoms with E-state index < -0.39 is 0 Å². The molecule has 0 saturated heterocycles. The highest BCUT2D eigenvalue weighted by molar-refractivity contribution is 5.63. The van der Waals surface area contributed by atoms with Crippen molar-refractivity contribution in [2.45, 2.75) is 20.3 Å². The van der Waals surface area contributed by atoms with Crippen molar-refractivity contribution in [3.05, 3.63) is 41.6 Å². The molecule has 0 amide bonds. The quantitative estimate of drug-likeness (QED) is 0.728. The number of benzene rings is 1. The van der Waals surface area contributed by atoms with Gasteiger partial charge in [-0.05, 0) is 30.5 Å². The Labute approximate surface area is 90.6 Å². The summed E-state index contributed by atoms with van der Waals surface area (Å²) in [5.41, 5.74) is 4.89. The Balaban J connectivity index is 2.49. The maximum Gasteiger partial charge on any atom is 0.0952 e. The van der Waals surface area contributed by atoms with Crippen molar-refractivity contribution in [2.24, 2.45) is 7.05 Å². The predicted octanol–water partition coefficient (Wildman–Crippen LogP) is 2.96. The van der Waals surface area contributed by atoms with Crippen LogP contribution in [0.5, 0.6) is 0 Å². The van der Waals surface area contributed by atoms with Gasteiger partial charge in [-0.1, -0.05) is 25.1 Å². The summed E-state index contributed by atoms with van der Waals surface area (Å²) < 4.78 is 1.86. The first-order chi connectivity index (χ1) is 7.20. The maximum absolute atomic E-state index is 4.47. The van der Waals surface area contributed by atoms with Crippen molar-refractivity contribution in [3.63, 3.8) is 0 Å². The first-order valence-corrected chi connectivity index (χ1v) is 5.30. The lowest BCUT2D eigenvalue weighted by Crippen LogP contribution is -1.88. The number of hydrogen-bond acceptors (Lipinski definition) is 1. The summed E-state index contributed by atoms with van der Waals surface area (Å²) in [7, 11) is 1.96. The number of aryl methyl sites for hydroxylation is 3. The van der Waals surface area contributed by atoms with Crippen LogP contribution in [0.25, 0.3) is 11.3 Å². The van der Waals surface area contributed by atoms with E-state index in [1.54, 1.807) is 0 Å². The van der Waals surface area contributed by atoms with Gasteiger partial charge in [0.1, 0.15) is 0 Å². The molecule has 0 N–H and O–H groups in total. The molecule has 0 aliphatic carbocycles. The van der Waals surface area contributed by atoms with Gasteiger partial charge in [-0.15, -0.1) is 0 Å². The minimum atomic E-state index is 1.07. The molecule has 2 aromatic rings. The molecule has 1 aromatic carbocycles. The smallest absolute Gasteiger partial charge is 0.0952 e. The van der Waals surface area contributed by atoms with Crippen LogP contribution in [0, 0.1) is 6.92 Å². The molecule has 0 radical (unpaired) electrons. The molecule has 0 spiro atoms. The van der Waals surface area contributed by atoms with Gasteiger partial charge in [0.2, 0.25) is 0 Å².